The maximum absolute atomic E-state index is 6.14. The van der Waals surface area contributed by atoms with Crippen molar-refractivity contribution < 1.29 is 18.0 Å². The molecule has 8 heterocycles. The number of ether oxygens (including phenoxy) is 1. The van der Waals surface area contributed by atoms with Crippen molar-refractivity contribution in [2.45, 2.75) is 7.43 Å². The van der Waals surface area contributed by atoms with Crippen LogP contribution in [-0.2, 0) is 0 Å². The number of anilines is 2. The lowest BCUT2D eigenvalue weighted by atomic mass is 10.1. The Morgan fingerprint density at radius 1 is 0.476 bits per heavy atom. The number of nitrogen functional groups attached to an aromatic ring is 2. The van der Waals surface area contributed by atoms with Crippen LogP contribution in [0, 0.1) is 3.57 Å². The molecular weight excluding hydrogens is 1160 g/mol. The molecule has 0 saturated heterocycles. The number of hydrogen-bond donors (Lipinski definition) is 3. The van der Waals surface area contributed by atoms with Gasteiger partial charge in [-0.05, 0) is 138 Å². The molecule has 400 valence electrons. The van der Waals surface area contributed by atoms with Crippen LogP contribution in [0.25, 0.3) is 127 Å². The van der Waals surface area contributed by atoms with E-state index in [-0.39, 0.29) is 7.43 Å². The van der Waals surface area contributed by atoms with Crippen LogP contribution in [0.4, 0.5) is 11.4 Å². The van der Waals surface area contributed by atoms with Gasteiger partial charge in [-0.15, -0.1) is 0 Å². The fraction of sp³-hybridized carbons (Fsp3) is 0.0294. The molecule has 82 heavy (non-hydrogen) atoms. The van der Waals surface area contributed by atoms with Gasteiger partial charge in [-0.1, -0.05) is 116 Å². The van der Waals surface area contributed by atoms with Crippen molar-refractivity contribution in [1.29, 1.82) is 0 Å². The molecule has 0 spiro atoms. The molecule has 0 fully saturated rings. The molecule has 0 aliphatic rings. The second-order valence-electron chi connectivity index (χ2n) is 18.9. The van der Waals surface area contributed by atoms with Crippen LogP contribution in [0.5, 0.6) is 5.75 Å². The molecule has 0 aliphatic heterocycles. The van der Waals surface area contributed by atoms with Crippen LogP contribution < -0.4 is 16.2 Å². The van der Waals surface area contributed by atoms with E-state index in [1.807, 2.05) is 152 Å². The Labute approximate surface area is 487 Å². The van der Waals surface area contributed by atoms with Gasteiger partial charge in [0.15, 0.2) is 0 Å². The number of methoxy groups -OCH3 is 1. The maximum Gasteiger partial charge on any atom is 0.146 e. The summed E-state index contributed by atoms with van der Waals surface area (Å²) < 4.78 is 26.2. The summed E-state index contributed by atoms with van der Waals surface area (Å²) in [7, 11) is 1.66. The lowest BCUT2D eigenvalue weighted by Gasteiger charge is -2.08. The Morgan fingerprint density at radius 3 is 1.65 bits per heavy atom. The fourth-order valence-electron chi connectivity index (χ4n) is 10.1. The standard InChI is InChI=1S/C24H13N3O.C19H12N2O.C13H10O2.C6H8N2.C5H3ClIN.CH4/c1-4-10-21-14(6-1)15-12-16-17(13-22(15)28-21)24-26-18-7-2-3-8-19(18)27(24)20-9-5-11-25-23(16)20;1-4-8-17-13(5-1)14-10-9-12(11-18(14)22-17)19-20-15-6-2-3-7-16(15)21-19;1-14-9-6-7-11-10-4-2-3-5-12(10)15-13(11)8-9;7-5-3-1-2-4-6(5)8;6-5-4(7)2-1-3-8-5;/h1-13H;1-11H,(H,20,21);2-8H,1H3;1-4H,7-8H2;1-3H;1H4. The minimum Gasteiger partial charge on any atom is -0.497 e. The van der Waals surface area contributed by atoms with E-state index in [4.69, 9.17) is 51.0 Å². The lowest BCUT2D eigenvalue weighted by molar-refractivity contribution is 0.414. The minimum absolute atomic E-state index is 0. The van der Waals surface area contributed by atoms with Gasteiger partial charge in [0.1, 0.15) is 55.9 Å². The third-order valence-electron chi connectivity index (χ3n) is 13.9. The van der Waals surface area contributed by atoms with Gasteiger partial charge in [-0.25, -0.2) is 15.0 Å². The molecule has 9 aromatic carbocycles. The van der Waals surface area contributed by atoms with E-state index < -0.39 is 0 Å². The summed E-state index contributed by atoms with van der Waals surface area (Å²) in [5.41, 5.74) is 25.5. The topological polar surface area (TPSA) is 172 Å². The van der Waals surface area contributed by atoms with Crippen molar-refractivity contribution in [3.05, 3.63) is 240 Å². The molecule has 14 heteroatoms. The highest BCUT2D eigenvalue weighted by Crippen LogP contribution is 2.38. The molecule has 5 N–H and O–H groups in total. The van der Waals surface area contributed by atoms with Crippen molar-refractivity contribution in [2.75, 3.05) is 18.6 Å². The van der Waals surface area contributed by atoms with E-state index in [0.717, 1.165) is 136 Å². The first kappa shape index (κ1) is 52.7. The predicted molar refractivity (Wildman–Crippen MR) is 346 cm³/mol. The summed E-state index contributed by atoms with van der Waals surface area (Å²) in [6, 6.07) is 72.1. The summed E-state index contributed by atoms with van der Waals surface area (Å²) in [5.74, 6) is 1.69. The number of nitrogens with two attached hydrogens (primary N) is 2. The Hall–Kier alpha value is -9.96. The third kappa shape index (κ3) is 10.1. The van der Waals surface area contributed by atoms with E-state index >= 15 is 0 Å². The molecule has 17 rings (SSSR count). The van der Waals surface area contributed by atoms with Crippen LogP contribution in [0.15, 0.2) is 244 Å². The van der Waals surface area contributed by atoms with E-state index in [2.05, 4.69) is 103 Å². The summed E-state index contributed by atoms with van der Waals surface area (Å²) in [6.45, 7) is 0. The average molecular weight is 1210 g/mol. The Balaban J connectivity index is 0.000000110. The number of hydrogen-bond acceptors (Lipinski definition) is 10. The van der Waals surface area contributed by atoms with Crippen LogP contribution in [0.3, 0.4) is 0 Å². The number of nitrogens with one attached hydrogen (secondary N) is 1. The molecule has 0 bridgehead atoms. The van der Waals surface area contributed by atoms with Crippen molar-refractivity contribution in [3.63, 3.8) is 0 Å². The molecule has 0 unspecified atom stereocenters. The van der Waals surface area contributed by atoms with Crippen LogP contribution in [0.2, 0.25) is 5.15 Å². The number of rotatable bonds is 2. The van der Waals surface area contributed by atoms with Crippen molar-refractivity contribution in [2.24, 2.45) is 0 Å². The van der Waals surface area contributed by atoms with Gasteiger partial charge < -0.3 is 34.4 Å². The zero-order valence-corrected chi connectivity index (χ0v) is 46.1. The van der Waals surface area contributed by atoms with Gasteiger partial charge in [0.2, 0.25) is 0 Å². The first-order valence-electron chi connectivity index (χ1n) is 25.8. The largest absolute Gasteiger partial charge is 0.497 e. The number of fused-ring (bicyclic) bond motifs is 18. The number of H-pyrrole nitrogens is 1. The first-order chi connectivity index (χ1) is 39.8. The van der Waals surface area contributed by atoms with Gasteiger partial charge >= 0.3 is 0 Å². The highest BCUT2D eigenvalue weighted by atomic mass is 127. The number of aromatic amines is 1. The van der Waals surface area contributed by atoms with Crippen LogP contribution in [0.1, 0.15) is 7.43 Å². The zero-order chi connectivity index (χ0) is 55.0. The Bertz CT molecular complexity index is 5040. The molecule has 0 aliphatic carbocycles. The van der Waals surface area contributed by atoms with Crippen molar-refractivity contribution in [1.82, 2.24) is 29.3 Å². The summed E-state index contributed by atoms with van der Waals surface area (Å²) in [5, 5.41) is 9.51. The van der Waals surface area contributed by atoms with Crippen molar-refractivity contribution >= 4 is 161 Å². The molecular formula is C68H50ClIN8O4. The molecule has 0 radical (unpaired) electrons. The number of para-hydroxylation sites is 9. The van der Waals surface area contributed by atoms with E-state index in [0.29, 0.717) is 16.5 Å². The van der Waals surface area contributed by atoms with Gasteiger partial charge in [0.25, 0.3) is 0 Å². The van der Waals surface area contributed by atoms with Gasteiger partial charge in [-0.2, -0.15) is 0 Å². The third-order valence-corrected chi connectivity index (χ3v) is 15.4. The molecule has 0 atom stereocenters. The molecule has 8 aromatic heterocycles. The Kier molecular flexibility index (Phi) is 14.6. The zero-order valence-electron chi connectivity index (χ0n) is 43.2. The second kappa shape index (κ2) is 22.7. The molecule has 12 nitrogen and oxygen atoms in total. The highest BCUT2D eigenvalue weighted by molar-refractivity contribution is 14.1. The SMILES string of the molecule is C.COc1ccc2c(c1)oc1ccccc12.Clc1ncccc1I.Nc1ccccc1N.c1ccc2[nH]c(-c3ccc4c(c3)oc3ccccc34)nc2c1.c1ccc2c(c1)nc1c3cc4oc5ccccc5c4cc3c3ncccc3n21. The minimum atomic E-state index is 0. The number of halogens is 2. The highest BCUT2D eigenvalue weighted by Gasteiger charge is 2.18. The number of benzene rings is 9. The average Bonchev–Trinajstić information content (AvgIpc) is 3.03. The second-order valence-corrected chi connectivity index (χ2v) is 20.4. The summed E-state index contributed by atoms with van der Waals surface area (Å²) in [4.78, 5) is 21.5. The number of pyridine rings is 3. The van der Waals surface area contributed by atoms with E-state index in [1.54, 1.807) is 25.4 Å². The van der Waals surface area contributed by atoms with E-state index in [1.165, 1.54) is 0 Å². The van der Waals surface area contributed by atoms with Crippen LogP contribution >= 0.6 is 34.2 Å². The number of imidazole rings is 2. The number of aromatic nitrogens is 6. The van der Waals surface area contributed by atoms with Gasteiger partial charge in [0, 0.05) is 67.1 Å². The Morgan fingerprint density at radius 2 is 1.01 bits per heavy atom. The number of furan rings is 3. The predicted octanol–water partition coefficient (Wildman–Crippen LogP) is 18.6. The quantitative estimate of drug-likeness (QED) is 0.0654. The number of nitrogens with zero attached hydrogens (tertiary/aromatic N) is 5. The first-order valence-corrected chi connectivity index (χ1v) is 27.3. The normalized spacial score (nSPS) is 11.1. The smallest absolute Gasteiger partial charge is 0.146 e. The molecule has 17 aromatic rings. The monoisotopic (exact) mass is 1200 g/mol. The van der Waals surface area contributed by atoms with Crippen LogP contribution in [-0.4, -0.2) is 36.4 Å². The molecule has 0 saturated carbocycles. The summed E-state index contributed by atoms with van der Waals surface area (Å²) >= 11 is 7.72. The molecule has 0 amide bonds. The van der Waals surface area contributed by atoms with Crippen molar-refractivity contribution in [3.8, 4) is 17.1 Å². The van der Waals surface area contributed by atoms with E-state index in [9.17, 15) is 0 Å². The fourth-order valence-corrected chi connectivity index (χ4v) is 10.5. The lowest BCUT2D eigenvalue weighted by Crippen LogP contribution is -1.93. The van der Waals surface area contributed by atoms with Gasteiger partial charge in [-0.3, -0.25) is 9.38 Å². The summed E-state index contributed by atoms with van der Waals surface area (Å²) in [6.07, 6.45) is 3.52. The maximum atomic E-state index is 6.14. The van der Waals surface area contributed by atoms with Gasteiger partial charge in [0.05, 0.1) is 55.2 Å².